The summed E-state index contributed by atoms with van der Waals surface area (Å²) in [5, 5.41) is 10.3. The molecule has 0 aliphatic carbocycles. The van der Waals surface area contributed by atoms with Gasteiger partial charge in [-0.1, -0.05) is 0 Å². The molecular formula is C10H9NO3S. The molecular weight excluding hydrogens is 214 g/mol. The van der Waals surface area contributed by atoms with Gasteiger partial charge in [0.15, 0.2) is 0 Å². The average molecular weight is 223 g/mol. The molecule has 0 bridgehead atoms. The van der Waals surface area contributed by atoms with Crippen molar-refractivity contribution in [3.63, 3.8) is 0 Å². The molecule has 0 unspecified atom stereocenters. The van der Waals surface area contributed by atoms with Crippen LogP contribution < -0.4 is 0 Å². The summed E-state index contributed by atoms with van der Waals surface area (Å²) in [5.41, 5.74) is 0.780. The van der Waals surface area contributed by atoms with Gasteiger partial charge in [0, 0.05) is 11.9 Å². The lowest BCUT2D eigenvalue weighted by Crippen LogP contribution is -1.96. The van der Waals surface area contributed by atoms with Crippen LogP contribution in [0, 0.1) is 0 Å². The molecule has 2 rings (SSSR count). The molecule has 2 aromatic heterocycles. The zero-order valence-electron chi connectivity index (χ0n) is 7.84. The summed E-state index contributed by atoms with van der Waals surface area (Å²) in [6.07, 6.45) is 3.41. The normalized spacial score (nSPS) is 10.7. The minimum Gasteiger partial charge on any atom is -0.481 e. The second-order valence-corrected chi connectivity index (χ2v) is 4.02. The van der Waals surface area contributed by atoms with Crippen LogP contribution in [0.3, 0.4) is 0 Å². The molecule has 15 heavy (non-hydrogen) atoms. The van der Waals surface area contributed by atoms with E-state index in [4.69, 9.17) is 9.52 Å². The molecule has 0 aliphatic rings. The third kappa shape index (κ3) is 2.30. The number of nitrogens with zero attached hydrogens (tertiary/aromatic N) is 1. The lowest BCUT2D eigenvalue weighted by molar-refractivity contribution is -0.136. The van der Waals surface area contributed by atoms with Gasteiger partial charge in [0.05, 0.1) is 18.1 Å². The highest BCUT2D eigenvalue weighted by atomic mass is 32.2. The van der Waals surface area contributed by atoms with Crippen LogP contribution in [0.5, 0.6) is 0 Å². The second-order valence-electron chi connectivity index (χ2n) is 2.94. The van der Waals surface area contributed by atoms with Crippen molar-refractivity contribution in [3.8, 4) is 0 Å². The van der Waals surface area contributed by atoms with Crippen LogP contribution in [0.4, 0.5) is 0 Å². The molecule has 0 fully saturated rings. The summed E-state index contributed by atoms with van der Waals surface area (Å²) in [6.45, 7) is 0. The van der Waals surface area contributed by atoms with Gasteiger partial charge in [-0.15, -0.1) is 11.8 Å². The number of aliphatic carboxylic acids is 1. The van der Waals surface area contributed by atoms with E-state index >= 15 is 0 Å². The molecule has 0 saturated heterocycles. The number of hydrogen-bond acceptors (Lipinski definition) is 4. The van der Waals surface area contributed by atoms with Gasteiger partial charge in [0.2, 0.25) is 0 Å². The number of furan rings is 1. The van der Waals surface area contributed by atoms with Gasteiger partial charge in [0.1, 0.15) is 10.6 Å². The highest BCUT2D eigenvalue weighted by Gasteiger charge is 2.06. The third-order valence-electron chi connectivity index (χ3n) is 1.90. The molecule has 2 heterocycles. The summed E-state index contributed by atoms with van der Waals surface area (Å²) in [7, 11) is 0. The number of carboxylic acids is 1. The zero-order chi connectivity index (χ0) is 10.7. The first-order valence-electron chi connectivity index (χ1n) is 4.44. The summed E-state index contributed by atoms with van der Waals surface area (Å²) < 4.78 is 5.22. The monoisotopic (exact) mass is 223 g/mol. The van der Waals surface area contributed by atoms with Crippen LogP contribution in [0.25, 0.3) is 11.0 Å². The summed E-state index contributed by atoms with van der Waals surface area (Å²) in [5.74, 6) is -0.269. The summed E-state index contributed by atoms with van der Waals surface area (Å²) in [4.78, 5) is 14.5. The molecule has 0 aromatic carbocycles. The molecule has 0 atom stereocenters. The molecule has 0 amide bonds. The van der Waals surface area contributed by atoms with Gasteiger partial charge in [-0.25, -0.2) is 4.98 Å². The topological polar surface area (TPSA) is 63.3 Å². The molecule has 4 nitrogen and oxygen atoms in total. The Bertz CT molecular complexity index is 480. The van der Waals surface area contributed by atoms with Crippen molar-refractivity contribution in [2.75, 3.05) is 5.75 Å². The Kier molecular flexibility index (Phi) is 2.91. The Hall–Kier alpha value is -1.49. The van der Waals surface area contributed by atoms with Gasteiger partial charge in [-0.3, -0.25) is 4.79 Å². The fraction of sp³-hybridized carbons (Fsp3) is 0.200. The van der Waals surface area contributed by atoms with Crippen molar-refractivity contribution in [3.05, 3.63) is 24.6 Å². The number of carbonyl (C=O) groups is 1. The molecule has 0 saturated carbocycles. The van der Waals surface area contributed by atoms with Crippen molar-refractivity contribution in [2.45, 2.75) is 11.4 Å². The van der Waals surface area contributed by atoms with Gasteiger partial charge >= 0.3 is 5.97 Å². The van der Waals surface area contributed by atoms with E-state index in [1.807, 2.05) is 6.07 Å². The van der Waals surface area contributed by atoms with E-state index in [9.17, 15) is 4.79 Å². The predicted molar refractivity (Wildman–Crippen MR) is 57.0 cm³/mol. The third-order valence-corrected chi connectivity index (χ3v) is 2.90. The fourth-order valence-electron chi connectivity index (χ4n) is 1.22. The molecule has 2 aromatic rings. The Morgan fingerprint density at radius 2 is 2.40 bits per heavy atom. The van der Waals surface area contributed by atoms with Crippen molar-refractivity contribution >= 4 is 28.7 Å². The summed E-state index contributed by atoms with van der Waals surface area (Å²) in [6, 6.07) is 3.63. The Morgan fingerprint density at radius 3 is 3.20 bits per heavy atom. The molecule has 0 aliphatic heterocycles. The first-order chi connectivity index (χ1) is 7.27. The van der Waals surface area contributed by atoms with Gasteiger partial charge in [-0.05, 0) is 12.1 Å². The maximum atomic E-state index is 10.4. The Morgan fingerprint density at radius 1 is 1.53 bits per heavy atom. The van der Waals surface area contributed by atoms with Crippen molar-refractivity contribution in [2.24, 2.45) is 0 Å². The van der Waals surface area contributed by atoms with Crippen LogP contribution in [0.15, 0.2) is 34.0 Å². The van der Waals surface area contributed by atoms with Crippen LogP contribution in [-0.4, -0.2) is 21.8 Å². The van der Waals surface area contributed by atoms with E-state index in [1.165, 1.54) is 11.8 Å². The van der Waals surface area contributed by atoms with Crippen molar-refractivity contribution in [1.29, 1.82) is 0 Å². The SMILES string of the molecule is O=C(O)CCSc1nccc2occc12. The zero-order valence-corrected chi connectivity index (χ0v) is 8.66. The maximum absolute atomic E-state index is 10.4. The van der Waals surface area contributed by atoms with Crippen molar-refractivity contribution in [1.82, 2.24) is 4.98 Å². The highest BCUT2D eigenvalue weighted by molar-refractivity contribution is 7.99. The second kappa shape index (κ2) is 4.35. The van der Waals surface area contributed by atoms with Crippen LogP contribution in [0.2, 0.25) is 0 Å². The average Bonchev–Trinajstić information content (AvgIpc) is 2.65. The van der Waals surface area contributed by atoms with Crippen molar-refractivity contribution < 1.29 is 14.3 Å². The number of carboxylic acid groups (broad SMARTS) is 1. The van der Waals surface area contributed by atoms with Crippen LogP contribution in [0.1, 0.15) is 6.42 Å². The van der Waals surface area contributed by atoms with Crippen LogP contribution >= 0.6 is 11.8 Å². The molecule has 5 heteroatoms. The number of aromatic nitrogens is 1. The number of rotatable bonds is 4. The van der Waals surface area contributed by atoms with Gasteiger partial charge in [0.25, 0.3) is 0 Å². The fourth-order valence-corrected chi connectivity index (χ4v) is 2.15. The Labute approximate surface area is 90.3 Å². The lowest BCUT2D eigenvalue weighted by atomic mass is 10.3. The molecule has 0 spiro atoms. The van der Waals surface area contributed by atoms with E-state index in [2.05, 4.69) is 4.98 Å². The number of pyridine rings is 1. The number of thioether (sulfide) groups is 1. The van der Waals surface area contributed by atoms with E-state index in [1.54, 1.807) is 18.5 Å². The predicted octanol–water partition coefficient (Wildman–Crippen LogP) is 2.39. The minimum atomic E-state index is -0.790. The highest BCUT2D eigenvalue weighted by Crippen LogP contribution is 2.26. The first-order valence-corrected chi connectivity index (χ1v) is 5.43. The number of hydrogen-bond donors (Lipinski definition) is 1. The molecule has 0 radical (unpaired) electrons. The minimum absolute atomic E-state index is 0.139. The molecule has 78 valence electrons. The first kappa shape index (κ1) is 10.0. The van der Waals surface area contributed by atoms with Crippen LogP contribution in [-0.2, 0) is 4.79 Å². The lowest BCUT2D eigenvalue weighted by Gasteiger charge is -1.99. The van der Waals surface area contributed by atoms with E-state index in [0.717, 1.165) is 16.0 Å². The van der Waals surface area contributed by atoms with E-state index < -0.39 is 5.97 Å². The Balaban J connectivity index is 2.13. The summed E-state index contributed by atoms with van der Waals surface area (Å²) >= 11 is 1.43. The van der Waals surface area contributed by atoms with E-state index in [0.29, 0.717) is 5.75 Å². The quantitative estimate of drug-likeness (QED) is 0.806. The largest absolute Gasteiger partial charge is 0.481 e. The number of fused-ring (bicyclic) bond motifs is 1. The van der Waals surface area contributed by atoms with E-state index in [-0.39, 0.29) is 6.42 Å². The smallest absolute Gasteiger partial charge is 0.304 e. The maximum Gasteiger partial charge on any atom is 0.304 e. The molecule has 1 N–H and O–H groups in total. The standard InChI is InChI=1S/C10H9NO3S/c12-9(13)3-6-15-10-7-2-5-14-8(7)1-4-11-10/h1-2,4-5H,3,6H2,(H,12,13). The van der Waals surface area contributed by atoms with Gasteiger partial charge < -0.3 is 9.52 Å². The van der Waals surface area contributed by atoms with Gasteiger partial charge in [-0.2, -0.15) is 0 Å².